The van der Waals surface area contributed by atoms with E-state index in [4.69, 9.17) is 10.5 Å². The number of anilines is 1. The standard InChI is InChI=1S/C18H18FN3O4/c19-13-3-1-2-4-14(13)26-18(17(24)25)6-9-22(10-7-18)15-11-12(16(20)23)5-8-21-15/h1-5,8,11H,6-7,9-10H2,(H2,20,23)(H,24,25). The Morgan fingerprint density at radius 2 is 1.92 bits per heavy atom. The summed E-state index contributed by atoms with van der Waals surface area (Å²) >= 11 is 0. The Kier molecular flexibility index (Phi) is 4.75. The third-order valence-corrected chi connectivity index (χ3v) is 4.46. The van der Waals surface area contributed by atoms with E-state index in [0.717, 1.165) is 0 Å². The Morgan fingerprint density at radius 3 is 2.54 bits per heavy atom. The van der Waals surface area contributed by atoms with E-state index in [1.165, 1.54) is 30.5 Å². The molecule has 1 saturated heterocycles. The number of piperidine rings is 1. The quantitative estimate of drug-likeness (QED) is 0.844. The van der Waals surface area contributed by atoms with Crippen LogP contribution in [-0.2, 0) is 4.79 Å². The number of aromatic nitrogens is 1. The van der Waals surface area contributed by atoms with Crippen LogP contribution >= 0.6 is 0 Å². The molecule has 8 heteroatoms. The van der Waals surface area contributed by atoms with Gasteiger partial charge in [-0.05, 0) is 24.3 Å². The minimum atomic E-state index is -1.51. The van der Waals surface area contributed by atoms with Crippen molar-refractivity contribution in [3.8, 4) is 5.75 Å². The zero-order valence-corrected chi connectivity index (χ0v) is 13.9. The molecule has 0 atom stereocenters. The summed E-state index contributed by atoms with van der Waals surface area (Å²) in [5.74, 6) is -1.86. The molecule has 7 nitrogen and oxygen atoms in total. The minimum absolute atomic E-state index is 0.0859. The molecule has 0 unspecified atom stereocenters. The molecule has 1 aliphatic rings. The molecular formula is C18H18FN3O4. The maximum Gasteiger partial charge on any atom is 0.348 e. The highest BCUT2D eigenvalue weighted by Gasteiger charge is 2.44. The number of carbonyl (C=O) groups is 2. The molecule has 26 heavy (non-hydrogen) atoms. The number of ether oxygens (including phenoxy) is 1. The number of nitrogens with zero attached hydrogens (tertiary/aromatic N) is 2. The van der Waals surface area contributed by atoms with Crippen LogP contribution in [0.4, 0.5) is 10.2 Å². The molecule has 1 fully saturated rings. The first-order valence-electron chi connectivity index (χ1n) is 8.09. The fourth-order valence-electron chi connectivity index (χ4n) is 2.94. The van der Waals surface area contributed by atoms with Crippen molar-refractivity contribution in [3.63, 3.8) is 0 Å². The summed E-state index contributed by atoms with van der Waals surface area (Å²) in [5.41, 5.74) is 4.09. The van der Waals surface area contributed by atoms with E-state index in [0.29, 0.717) is 24.5 Å². The molecule has 0 bridgehead atoms. The number of nitrogens with two attached hydrogens (primary N) is 1. The second-order valence-corrected chi connectivity index (χ2v) is 6.09. The molecule has 0 radical (unpaired) electrons. The number of carboxylic acid groups (broad SMARTS) is 1. The van der Waals surface area contributed by atoms with Crippen LogP contribution in [0.5, 0.6) is 5.75 Å². The molecule has 1 amide bonds. The van der Waals surface area contributed by atoms with Gasteiger partial charge in [0.1, 0.15) is 5.82 Å². The van der Waals surface area contributed by atoms with Crippen LogP contribution in [-0.4, -0.2) is 40.7 Å². The van der Waals surface area contributed by atoms with Crippen LogP contribution in [0, 0.1) is 5.82 Å². The first kappa shape index (κ1) is 17.7. The fraction of sp³-hybridized carbons (Fsp3) is 0.278. The van der Waals surface area contributed by atoms with Crippen molar-refractivity contribution in [2.75, 3.05) is 18.0 Å². The van der Waals surface area contributed by atoms with Gasteiger partial charge in [0, 0.05) is 37.7 Å². The van der Waals surface area contributed by atoms with Gasteiger partial charge in [0.05, 0.1) is 0 Å². The van der Waals surface area contributed by atoms with E-state index in [2.05, 4.69) is 4.98 Å². The van der Waals surface area contributed by atoms with E-state index in [9.17, 15) is 19.1 Å². The minimum Gasteiger partial charge on any atom is -0.478 e. The number of para-hydroxylation sites is 1. The predicted molar refractivity (Wildman–Crippen MR) is 91.6 cm³/mol. The van der Waals surface area contributed by atoms with Crippen molar-refractivity contribution < 1.29 is 23.8 Å². The van der Waals surface area contributed by atoms with Crippen molar-refractivity contribution in [1.29, 1.82) is 0 Å². The largest absolute Gasteiger partial charge is 0.478 e. The number of primary amides is 1. The Morgan fingerprint density at radius 1 is 1.23 bits per heavy atom. The maximum absolute atomic E-state index is 13.9. The number of pyridine rings is 1. The van der Waals surface area contributed by atoms with Crippen molar-refractivity contribution >= 4 is 17.7 Å². The van der Waals surface area contributed by atoms with Gasteiger partial charge >= 0.3 is 5.97 Å². The lowest BCUT2D eigenvalue weighted by Crippen LogP contribution is -2.53. The highest BCUT2D eigenvalue weighted by atomic mass is 19.1. The van der Waals surface area contributed by atoms with Gasteiger partial charge in [-0.1, -0.05) is 12.1 Å². The van der Waals surface area contributed by atoms with Gasteiger partial charge in [-0.25, -0.2) is 14.2 Å². The third kappa shape index (κ3) is 3.44. The van der Waals surface area contributed by atoms with Gasteiger partial charge in [0.2, 0.25) is 11.5 Å². The number of hydrogen-bond donors (Lipinski definition) is 2. The number of amides is 1. The van der Waals surface area contributed by atoms with Gasteiger partial charge < -0.3 is 20.5 Å². The third-order valence-electron chi connectivity index (χ3n) is 4.46. The van der Waals surface area contributed by atoms with E-state index in [1.54, 1.807) is 12.1 Å². The van der Waals surface area contributed by atoms with E-state index in [-0.39, 0.29) is 18.6 Å². The van der Waals surface area contributed by atoms with Crippen LogP contribution in [0.3, 0.4) is 0 Å². The topological polar surface area (TPSA) is 106 Å². The normalized spacial score (nSPS) is 16.1. The predicted octanol–water partition coefficient (Wildman–Crippen LogP) is 1.82. The van der Waals surface area contributed by atoms with E-state index in [1.807, 2.05) is 4.90 Å². The lowest BCUT2D eigenvalue weighted by Gasteiger charge is -2.39. The fourth-order valence-corrected chi connectivity index (χ4v) is 2.94. The van der Waals surface area contributed by atoms with Crippen LogP contribution in [0.1, 0.15) is 23.2 Å². The highest BCUT2D eigenvalue weighted by Crippen LogP contribution is 2.32. The zero-order valence-electron chi connectivity index (χ0n) is 13.9. The molecule has 2 aromatic rings. The lowest BCUT2D eigenvalue weighted by atomic mass is 9.91. The Bertz CT molecular complexity index is 835. The summed E-state index contributed by atoms with van der Waals surface area (Å²) in [7, 11) is 0. The molecule has 0 saturated carbocycles. The summed E-state index contributed by atoms with van der Waals surface area (Å²) in [6.45, 7) is 0.659. The van der Waals surface area contributed by atoms with Crippen molar-refractivity contribution in [2.45, 2.75) is 18.4 Å². The Balaban J connectivity index is 1.78. The number of hydrogen-bond acceptors (Lipinski definition) is 5. The maximum atomic E-state index is 13.9. The van der Waals surface area contributed by atoms with E-state index < -0.39 is 23.3 Å². The van der Waals surface area contributed by atoms with Crippen molar-refractivity contribution in [2.24, 2.45) is 5.73 Å². The average molecular weight is 359 g/mol. The molecule has 0 aliphatic carbocycles. The van der Waals surface area contributed by atoms with Gasteiger partial charge in [0.15, 0.2) is 11.6 Å². The van der Waals surface area contributed by atoms with Crippen LogP contribution in [0.2, 0.25) is 0 Å². The second kappa shape index (κ2) is 6.99. The summed E-state index contributed by atoms with van der Waals surface area (Å²) in [6.07, 6.45) is 1.75. The molecule has 1 aromatic carbocycles. The van der Waals surface area contributed by atoms with Gasteiger partial charge in [-0.15, -0.1) is 0 Å². The number of carboxylic acids is 1. The summed E-state index contributed by atoms with van der Waals surface area (Å²) in [6, 6.07) is 8.80. The lowest BCUT2D eigenvalue weighted by molar-refractivity contribution is -0.157. The smallest absolute Gasteiger partial charge is 0.348 e. The summed E-state index contributed by atoms with van der Waals surface area (Å²) in [4.78, 5) is 29.2. The van der Waals surface area contributed by atoms with Crippen LogP contribution in [0.25, 0.3) is 0 Å². The molecule has 1 aliphatic heterocycles. The number of rotatable bonds is 5. The first-order chi connectivity index (χ1) is 12.4. The molecule has 2 heterocycles. The van der Waals surface area contributed by atoms with Crippen LogP contribution < -0.4 is 15.4 Å². The summed E-state index contributed by atoms with van der Waals surface area (Å²) < 4.78 is 19.4. The number of benzene rings is 1. The number of aliphatic carboxylic acids is 1. The van der Waals surface area contributed by atoms with Gasteiger partial charge in [0.25, 0.3) is 0 Å². The molecule has 1 aromatic heterocycles. The number of carbonyl (C=O) groups excluding carboxylic acids is 1. The highest BCUT2D eigenvalue weighted by molar-refractivity contribution is 5.93. The molecule has 3 rings (SSSR count). The van der Waals surface area contributed by atoms with Crippen molar-refractivity contribution in [3.05, 3.63) is 54.0 Å². The first-order valence-corrected chi connectivity index (χ1v) is 8.09. The monoisotopic (exact) mass is 359 g/mol. The zero-order chi connectivity index (χ0) is 18.7. The Hall–Kier alpha value is -3.16. The van der Waals surface area contributed by atoms with Crippen LogP contribution in [0.15, 0.2) is 42.6 Å². The molecule has 0 spiro atoms. The van der Waals surface area contributed by atoms with E-state index >= 15 is 0 Å². The number of halogens is 1. The second-order valence-electron chi connectivity index (χ2n) is 6.09. The Labute approximate surface area is 149 Å². The summed E-state index contributed by atoms with van der Waals surface area (Å²) in [5, 5.41) is 9.67. The molecule has 136 valence electrons. The molecular weight excluding hydrogens is 341 g/mol. The molecule has 3 N–H and O–H groups in total. The van der Waals surface area contributed by atoms with Gasteiger partial charge in [-0.2, -0.15) is 0 Å². The average Bonchev–Trinajstić information content (AvgIpc) is 2.64. The van der Waals surface area contributed by atoms with Gasteiger partial charge in [-0.3, -0.25) is 4.79 Å². The SMILES string of the molecule is NC(=O)c1ccnc(N2CCC(Oc3ccccc3F)(C(=O)O)CC2)c1. The van der Waals surface area contributed by atoms with Crippen molar-refractivity contribution in [1.82, 2.24) is 4.98 Å².